The molecule has 0 aliphatic heterocycles. The second-order valence-electron chi connectivity index (χ2n) is 0. The molecule has 25 valence electrons. The Bertz CT molecular complexity index is 8.00. The molecule has 0 rings (SSSR count). The molecule has 0 aliphatic carbocycles. The average molecular weight is 368 g/mol. The quantitative estimate of drug-likeness (QED) is 0.430. The zero-order valence-electron chi connectivity index (χ0n) is 1.72. The normalized spacial score (nSPS) is 0. The molecule has 0 aromatic carbocycles. The molecule has 4 heavy (non-hydrogen) atoms. The van der Waals surface area contributed by atoms with E-state index in [2.05, 4.69) is 0 Å². The molecule has 0 unspecified atom stereocenters. The maximum absolute atomic E-state index is 0. The minimum absolute atomic E-state index is 0. The van der Waals surface area contributed by atoms with Gasteiger partial charge in [-0.05, 0) is 0 Å². The number of hydrogen-bond acceptors (Lipinski definition) is 0. The van der Waals surface area contributed by atoms with E-state index >= 15 is 0 Å². The predicted octanol–water partition coefficient (Wildman–Crippen LogP) is -2.11. The molecule has 0 fully saturated rings. The Labute approximate surface area is 80.0 Å². The van der Waals surface area contributed by atoms with Gasteiger partial charge in [0, 0.05) is 36.5 Å². The minimum Gasteiger partial charge on any atom is 0 e. The summed E-state index contributed by atoms with van der Waals surface area (Å²) in [5, 5.41) is 0. The molecule has 0 nitrogen and oxygen atoms in total. The van der Waals surface area contributed by atoms with Gasteiger partial charge in [-0.2, -0.15) is 0 Å². The summed E-state index contributed by atoms with van der Waals surface area (Å²) in [6, 6.07) is 0. The fraction of sp³-hybridized carbons (Fsp3) is 0. The van der Waals surface area contributed by atoms with Gasteiger partial charge in [0.2, 0.25) is 0 Å². The Hall–Kier alpha value is 2.60. The van der Waals surface area contributed by atoms with E-state index in [1.165, 1.54) is 0 Å². The number of rotatable bonds is 0. The van der Waals surface area contributed by atoms with Crippen molar-refractivity contribution in [1.82, 2.24) is 0 Å². The van der Waals surface area contributed by atoms with Gasteiger partial charge >= 0.3 is 27.3 Å². The minimum atomic E-state index is 0. The summed E-state index contributed by atoms with van der Waals surface area (Å²) in [6.07, 6.45) is 0. The first kappa shape index (κ1) is 30.6. The van der Waals surface area contributed by atoms with Crippen LogP contribution in [-0.4, -0.2) is 44.7 Å². The van der Waals surface area contributed by atoms with Crippen LogP contribution in [0.15, 0.2) is 0 Å². The van der Waals surface area contributed by atoms with Crippen molar-refractivity contribution >= 4 is 44.7 Å². The van der Waals surface area contributed by atoms with Crippen molar-refractivity contribution in [3.63, 3.8) is 0 Å². The monoisotopic (exact) mass is 367 g/mol. The zero-order chi connectivity index (χ0) is 0. The van der Waals surface area contributed by atoms with Gasteiger partial charge in [-0.15, -0.1) is 0 Å². The van der Waals surface area contributed by atoms with Crippen molar-refractivity contribution in [3.8, 4) is 0 Å². The van der Waals surface area contributed by atoms with Crippen LogP contribution in [0.4, 0.5) is 0 Å². The van der Waals surface area contributed by atoms with Gasteiger partial charge in [0.15, 0.2) is 17.4 Å². The summed E-state index contributed by atoms with van der Waals surface area (Å²) < 4.78 is 0. The van der Waals surface area contributed by atoms with Gasteiger partial charge in [0.25, 0.3) is 0 Å². The maximum Gasteiger partial charge on any atom is 0 e. The Morgan fingerprint density at radius 3 is 1.00 bits per heavy atom. The average Bonchev–Trinajstić information content (AvgIpc) is 0. The second-order valence-corrected chi connectivity index (χ2v) is 0. The van der Waals surface area contributed by atoms with Crippen molar-refractivity contribution < 1.29 is 36.5 Å². The van der Waals surface area contributed by atoms with Crippen LogP contribution in [0, 0.1) is 0 Å². The van der Waals surface area contributed by atoms with Gasteiger partial charge in [0.05, 0.1) is 0 Å². The zero-order valence-corrected chi connectivity index (χ0v) is 11.1. The third-order valence-electron chi connectivity index (χ3n) is 0. The molecule has 0 aromatic rings. The Morgan fingerprint density at radius 1 is 1.00 bits per heavy atom. The van der Waals surface area contributed by atoms with E-state index in [9.17, 15) is 0 Å². The van der Waals surface area contributed by atoms with Crippen LogP contribution in [0.25, 0.3) is 0 Å². The largest absolute Gasteiger partial charge is 0 e. The van der Waals surface area contributed by atoms with Gasteiger partial charge in [-0.25, -0.2) is 0 Å². The van der Waals surface area contributed by atoms with Crippen LogP contribution in [0.5, 0.6) is 0 Å². The van der Waals surface area contributed by atoms with E-state index in [1.807, 2.05) is 0 Å². The molecule has 0 N–H and O–H groups in total. The Morgan fingerprint density at radius 2 is 1.00 bits per heavy atom. The molecule has 0 saturated heterocycles. The van der Waals surface area contributed by atoms with E-state index < -0.39 is 0 Å². The van der Waals surface area contributed by atoms with E-state index in [0.29, 0.717) is 0 Å². The first-order valence-corrected chi connectivity index (χ1v) is 0. The molecular weight excluding hydrogens is 363 g/mol. The molecule has 0 atom stereocenters. The first-order valence-electron chi connectivity index (χ1n) is 0. The van der Waals surface area contributed by atoms with Crippen molar-refractivity contribution in [2.24, 2.45) is 0 Å². The summed E-state index contributed by atoms with van der Waals surface area (Å²) in [4.78, 5) is 0. The van der Waals surface area contributed by atoms with E-state index in [0.717, 1.165) is 0 Å². The van der Waals surface area contributed by atoms with Crippen LogP contribution in [0.1, 0.15) is 0 Å². The standard InChI is InChI=1S/Al.Cu.Pb.Zn.5H. The summed E-state index contributed by atoms with van der Waals surface area (Å²) in [5.41, 5.74) is 0. The molecule has 0 spiro atoms. The summed E-state index contributed by atoms with van der Waals surface area (Å²) in [7, 11) is 0. The van der Waals surface area contributed by atoms with Gasteiger partial charge in [-0.3, -0.25) is 0 Å². The Kier molecular flexibility index (Phi) is 134. The maximum atomic E-state index is 0. The predicted molar refractivity (Wildman–Crippen MR) is 18.5 cm³/mol. The van der Waals surface area contributed by atoms with E-state index in [-0.39, 0.29) is 81.2 Å². The fourth-order valence-corrected chi connectivity index (χ4v) is 0. The van der Waals surface area contributed by atoms with E-state index in [1.54, 1.807) is 0 Å². The fourth-order valence-electron chi connectivity index (χ4n) is 0. The van der Waals surface area contributed by atoms with Crippen molar-refractivity contribution in [3.05, 3.63) is 0 Å². The Balaban J connectivity index is 0. The van der Waals surface area contributed by atoms with Crippen LogP contribution >= 0.6 is 0 Å². The number of hydrogen-bond donors (Lipinski definition) is 0. The van der Waals surface area contributed by atoms with Crippen LogP contribution in [0.2, 0.25) is 0 Å². The third-order valence-corrected chi connectivity index (χ3v) is 0. The van der Waals surface area contributed by atoms with Crippen molar-refractivity contribution in [1.29, 1.82) is 0 Å². The SMILES string of the molecule is [AlH3].[Cu].[PbH2].[Zn]. The molecule has 4 heteroatoms. The van der Waals surface area contributed by atoms with Gasteiger partial charge < -0.3 is 0 Å². The molecule has 3 radical (unpaired) electrons. The molecule has 0 aromatic heterocycles. The van der Waals surface area contributed by atoms with Crippen molar-refractivity contribution in [2.75, 3.05) is 0 Å². The molecule has 0 saturated carbocycles. The molecule has 0 amide bonds. The molecule has 0 aliphatic rings. The molecule has 0 bridgehead atoms. The summed E-state index contributed by atoms with van der Waals surface area (Å²) in [6.45, 7) is 0. The first-order chi connectivity index (χ1) is 0. The molecular formula is H5AlCuPbZn. The van der Waals surface area contributed by atoms with Gasteiger partial charge in [-0.1, -0.05) is 0 Å². The second kappa shape index (κ2) is 17.5. The van der Waals surface area contributed by atoms with Crippen LogP contribution < -0.4 is 0 Å². The van der Waals surface area contributed by atoms with Gasteiger partial charge in [0.1, 0.15) is 0 Å². The van der Waals surface area contributed by atoms with Crippen LogP contribution in [0.3, 0.4) is 0 Å². The van der Waals surface area contributed by atoms with Crippen molar-refractivity contribution in [2.45, 2.75) is 0 Å². The molecule has 0 heterocycles. The third kappa shape index (κ3) is 8.82. The van der Waals surface area contributed by atoms with Crippen LogP contribution in [-0.2, 0) is 36.5 Å². The summed E-state index contributed by atoms with van der Waals surface area (Å²) in [5.74, 6) is 0. The summed E-state index contributed by atoms with van der Waals surface area (Å²) >= 11 is 0. The smallest absolute Gasteiger partial charge is 0 e. The topological polar surface area (TPSA) is 0 Å². The van der Waals surface area contributed by atoms with E-state index in [4.69, 9.17) is 0 Å².